The Morgan fingerprint density at radius 3 is 2.32 bits per heavy atom. The van der Waals surface area contributed by atoms with Crippen molar-refractivity contribution in [3.05, 3.63) is 72.4 Å². The lowest BCUT2D eigenvalue weighted by Gasteiger charge is -2.13. The molecule has 1 atom stereocenters. The molecule has 0 unspecified atom stereocenters. The van der Waals surface area contributed by atoms with Gasteiger partial charge in [0.2, 0.25) is 5.91 Å². The fourth-order valence-electron chi connectivity index (χ4n) is 2.80. The van der Waals surface area contributed by atoms with Crippen LogP contribution in [0.25, 0.3) is 16.9 Å². The number of nitrogens with zero attached hydrogens (tertiary/aromatic N) is 2. The largest absolute Gasteiger partial charge is 0.354 e. The Bertz CT molecular complexity index is 936. The maximum Gasteiger partial charge on any atom is 0.255 e. The average Bonchev–Trinajstić information content (AvgIpc) is 3.19. The summed E-state index contributed by atoms with van der Waals surface area (Å²) in [5.41, 5.74) is 2.69. The van der Waals surface area contributed by atoms with Gasteiger partial charge in [0.1, 0.15) is 11.7 Å². The molecular formula is C22H24N4O2. The Hall–Kier alpha value is -3.41. The van der Waals surface area contributed by atoms with E-state index in [1.807, 2.05) is 67.6 Å². The molecule has 0 radical (unpaired) electrons. The van der Waals surface area contributed by atoms with Gasteiger partial charge >= 0.3 is 0 Å². The Morgan fingerprint density at radius 1 is 1.04 bits per heavy atom. The summed E-state index contributed by atoms with van der Waals surface area (Å²) in [5.74, 6) is -0.535. The molecule has 1 heterocycles. The van der Waals surface area contributed by atoms with Gasteiger partial charge in [0.15, 0.2) is 0 Å². The highest BCUT2D eigenvalue weighted by Crippen LogP contribution is 2.23. The fourth-order valence-corrected chi connectivity index (χ4v) is 2.80. The van der Waals surface area contributed by atoms with E-state index >= 15 is 0 Å². The van der Waals surface area contributed by atoms with Crippen molar-refractivity contribution in [2.24, 2.45) is 0 Å². The first kappa shape index (κ1) is 19.4. The number of hydrogen-bond donors (Lipinski definition) is 2. The Kier molecular flexibility index (Phi) is 6.22. The number of rotatable bonds is 7. The van der Waals surface area contributed by atoms with Gasteiger partial charge in [-0.15, -0.1) is 0 Å². The van der Waals surface area contributed by atoms with Gasteiger partial charge in [0.05, 0.1) is 11.3 Å². The van der Waals surface area contributed by atoms with Crippen LogP contribution < -0.4 is 10.6 Å². The lowest BCUT2D eigenvalue weighted by atomic mass is 10.1. The normalized spacial score (nSPS) is 11.6. The molecule has 2 amide bonds. The zero-order valence-corrected chi connectivity index (χ0v) is 16.1. The Balaban J connectivity index is 1.91. The van der Waals surface area contributed by atoms with Crippen molar-refractivity contribution >= 4 is 11.8 Å². The van der Waals surface area contributed by atoms with Crippen molar-refractivity contribution in [2.75, 3.05) is 6.54 Å². The second-order valence-corrected chi connectivity index (χ2v) is 6.52. The van der Waals surface area contributed by atoms with Crippen LogP contribution in [0.1, 0.15) is 30.6 Å². The maximum atomic E-state index is 12.9. The number of amides is 2. The third-order valence-corrected chi connectivity index (χ3v) is 4.32. The molecule has 6 heteroatoms. The molecule has 0 aliphatic rings. The van der Waals surface area contributed by atoms with Gasteiger partial charge in [-0.1, -0.05) is 55.5 Å². The highest BCUT2D eigenvalue weighted by molar-refractivity contribution is 6.02. The summed E-state index contributed by atoms with van der Waals surface area (Å²) < 4.78 is 1.68. The molecule has 3 rings (SSSR count). The number of carbonyl (C=O) groups is 2. The van der Waals surface area contributed by atoms with Gasteiger partial charge in [-0.2, -0.15) is 5.10 Å². The predicted molar refractivity (Wildman–Crippen MR) is 109 cm³/mol. The minimum Gasteiger partial charge on any atom is -0.354 e. The first-order chi connectivity index (χ1) is 13.6. The third-order valence-electron chi connectivity index (χ3n) is 4.32. The number of nitrogens with one attached hydrogen (secondary N) is 2. The molecule has 0 fully saturated rings. The van der Waals surface area contributed by atoms with E-state index in [9.17, 15) is 9.59 Å². The molecule has 0 aliphatic heterocycles. The highest BCUT2D eigenvalue weighted by Gasteiger charge is 2.22. The van der Waals surface area contributed by atoms with E-state index in [1.54, 1.807) is 17.8 Å². The zero-order chi connectivity index (χ0) is 19.9. The summed E-state index contributed by atoms with van der Waals surface area (Å²) >= 11 is 0. The summed E-state index contributed by atoms with van der Waals surface area (Å²) in [6.07, 6.45) is 2.54. The molecule has 0 saturated heterocycles. The van der Waals surface area contributed by atoms with Gasteiger partial charge in [0.25, 0.3) is 5.91 Å². The molecule has 2 aromatic carbocycles. The number of para-hydroxylation sites is 1. The van der Waals surface area contributed by atoms with Crippen molar-refractivity contribution in [2.45, 2.75) is 26.3 Å². The molecule has 0 saturated carbocycles. The summed E-state index contributed by atoms with van der Waals surface area (Å²) in [7, 11) is 0. The lowest BCUT2D eigenvalue weighted by molar-refractivity contribution is -0.122. The molecule has 0 aliphatic carbocycles. The lowest BCUT2D eigenvalue weighted by Crippen LogP contribution is -2.45. The van der Waals surface area contributed by atoms with Crippen LogP contribution in [0, 0.1) is 0 Å². The van der Waals surface area contributed by atoms with Crippen LogP contribution in [0.2, 0.25) is 0 Å². The molecule has 28 heavy (non-hydrogen) atoms. The first-order valence-electron chi connectivity index (χ1n) is 9.39. The number of hydrogen-bond acceptors (Lipinski definition) is 3. The van der Waals surface area contributed by atoms with Crippen LogP contribution in [0.5, 0.6) is 0 Å². The highest BCUT2D eigenvalue weighted by atomic mass is 16.2. The number of benzene rings is 2. The van der Waals surface area contributed by atoms with E-state index in [0.29, 0.717) is 17.8 Å². The van der Waals surface area contributed by atoms with Crippen molar-refractivity contribution < 1.29 is 9.59 Å². The Morgan fingerprint density at radius 2 is 1.68 bits per heavy atom. The standard InChI is InChI=1S/C22H24N4O2/c1-3-14-23-21(27)16(2)24-22(28)19-15-26(18-12-8-5-9-13-18)25-20(19)17-10-6-4-7-11-17/h4-13,15-16H,3,14H2,1-2H3,(H,23,27)(H,24,28)/t16-/m1/s1. The van der Waals surface area contributed by atoms with E-state index in [-0.39, 0.29) is 11.8 Å². The van der Waals surface area contributed by atoms with E-state index in [0.717, 1.165) is 17.7 Å². The number of carbonyl (C=O) groups excluding carboxylic acids is 2. The monoisotopic (exact) mass is 376 g/mol. The second-order valence-electron chi connectivity index (χ2n) is 6.52. The van der Waals surface area contributed by atoms with Crippen LogP contribution in [-0.2, 0) is 4.79 Å². The maximum absolute atomic E-state index is 12.9. The van der Waals surface area contributed by atoms with Crippen molar-refractivity contribution in [1.82, 2.24) is 20.4 Å². The van der Waals surface area contributed by atoms with Crippen LogP contribution in [-0.4, -0.2) is 34.2 Å². The molecule has 3 aromatic rings. The summed E-state index contributed by atoms with van der Waals surface area (Å²) in [5, 5.41) is 10.2. The van der Waals surface area contributed by atoms with E-state index in [1.165, 1.54) is 0 Å². The van der Waals surface area contributed by atoms with Gasteiger partial charge in [-0.3, -0.25) is 9.59 Å². The SMILES string of the molecule is CCCNC(=O)[C@@H](C)NC(=O)c1cn(-c2ccccc2)nc1-c1ccccc1. The fraction of sp³-hybridized carbons (Fsp3) is 0.227. The van der Waals surface area contributed by atoms with Gasteiger partial charge < -0.3 is 10.6 Å². The summed E-state index contributed by atoms with van der Waals surface area (Å²) in [6, 6.07) is 18.5. The summed E-state index contributed by atoms with van der Waals surface area (Å²) in [4.78, 5) is 25.0. The molecular weight excluding hydrogens is 352 g/mol. The Labute approximate surface area is 164 Å². The minimum absolute atomic E-state index is 0.202. The van der Waals surface area contributed by atoms with Crippen LogP contribution in [0.3, 0.4) is 0 Å². The quantitative estimate of drug-likeness (QED) is 0.665. The van der Waals surface area contributed by atoms with Crippen molar-refractivity contribution in [3.8, 4) is 16.9 Å². The van der Waals surface area contributed by atoms with E-state index in [4.69, 9.17) is 0 Å². The predicted octanol–water partition coefficient (Wildman–Crippen LogP) is 3.18. The minimum atomic E-state index is -0.636. The first-order valence-corrected chi connectivity index (χ1v) is 9.39. The summed E-state index contributed by atoms with van der Waals surface area (Å²) in [6.45, 7) is 4.24. The van der Waals surface area contributed by atoms with Gasteiger partial charge in [0, 0.05) is 18.3 Å². The van der Waals surface area contributed by atoms with Gasteiger partial charge in [-0.05, 0) is 25.5 Å². The smallest absolute Gasteiger partial charge is 0.255 e. The molecule has 1 aromatic heterocycles. The van der Waals surface area contributed by atoms with Crippen molar-refractivity contribution in [1.29, 1.82) is 0 Å². The molecule has 6 nitrogen and oxygen atoms in total. The van der Waals surface area contributed by atoms with E-state index in [2.05, 4.69) is 15.7 Å². The third kappa shape index (κ3) is 4.46. The van der Waals surface area contributed by atoms with Crippen molar-refractivity contribution in [3.63, 3.8) is 0 Å². The second kappa shape index (κ2) is 8.99. The topological polar surface area (TPSA) is 76.0 Å². The van der Waals surface area contributed by atoms with Crippen LogP contribution in [0.15, 0.2) is 66.9 Å². The molecule has 0 spiro atoms. The van der Waals surface area contributed by atoms with Crippen LogP contribution >= 0.6 is 0 Å². The van der Waals surface area contributed by atoms with Crippen LogP contribution in [0.4, 0.5) is 0 Å². The van der Waals surface area contributed by atoms with Gasteiger partial charge in [-0.25, -0.2) is 4.68 Å². The zero-order valence-electron chi connectivity index (χ0n) is 16.1. The molecule has 0 bridgehead atoms. The number of aromatic nitrogens is 2. The van der Waals surface area contributed by atoms with E-state index < -0.39 is 6.04 Å². The molecule has 144 valence electrons. The molecule has 2 N–H and O–H groups in total. The average molecular weight is 376 g/mol.